The lowest BCUT2D eigenvalue weighted by Gasteiger charge is -2.09. The number of alkyl halides is 1. The normalized spacial score (nSPS) is 10.4. The average molecular weight is 329 g/mol. The molecule has 2 aromatic rings. The summed E-state index contributed by atoms with van der Waals surface area (Å²) < 4.78 is 0. The maximum atomic E-state index is 12.1. The number of benzene rings is 2. The van der Waals surface area contributed by atoms with E-state index in [4.69, 9.17) is 34.8 Å². The molecule has 0 spiro atoms. The summed E-state index contributed by atoms with van der Waals surface area (Å²) in [5, 5.41) is 3.76. The quantitative estimate of drug-likeness (QED) is 0.762. The molecule has 20 heavy (non-hydrogen) atoms. The maximum Gasteiger partial charge on any atom is 0.255 e. The average Bonchev–Trinajstić information content (AvgIpc) is 2.44. The van der Waals surface area contributed by atoms with Crippen LogP contribution >= 0.6 is 34.8 Å². The Morgan fingerprint density at radius 2 is 1.75 bits per heavy atom. The van der Waals surface area contributed by atoms with E-state index < -0.39 is 0 Å². The molecule has 0 heterocycles. The molecule has 2 rings (SSSR count). The number of aryl methyl sites for hydroxylation is 1. The first-order valence-electron chi connectivity index (χ1n) is 5.93. The van der Waals surface area contributed by atoms with E-state index >= 15 is 0 Å². The van der Waals surface area contributed by atoms with Crippen molar-refractivity contribution in [1.29, 1.82) is 0 Å². The largest absolute Gasteiger partial charge is 0.321 e. The molecule has 0 aliphatic carbocycles. The summed E-state index contributed by atoms with van der Waals surface area (Å²) in [6.45, 7) is 1.85. The van der Waals surface area contributed by atoms with Gasteiger partial charge < -0.3 is 5.32 Å². The Hall–Kier alpha value is -1.22. The van der Waals surface area contributed by atoms with E-state index in [1.165, 1.54) is 0 Å². The van der Waals surface area contributed by atoms with Crippen LogP contribution in [0, 0.1) is 6.92 Å². The number of nitrogens with one attached hydrogen (secondary N) is 1. The summed E-state index contributed by atoms with van der Waals surface area (Å²) in [6, 6.07) is 10.4. The smallest absolute Gasteiger partial charge is 0.255 e. The highest BCUT2D eigenvalue weighted by molar-refractivity contribution is 6.36. The molecule has 5 heteroatoms. The lowest BCUT2D eigenvalue weighted by Crippen LogP contribution is -2.12. The van der Waals surface area contributed by atoms with Crippen LogP contribution in [-0.4, -0.2) is 5.91 Å². The van der Waals surface area contributed by atoms with Crippen molar-refractivity contribution in [3.8, 4) is 0 Å². The van der Waals surface area contributed by atoms with Crippen LogP contribution in [0.3, 0.4) is 0 Å². The van der Waals surface area contributed by atoms with Gasteiger partial charge in [0.2, 0.25) is 0 Å². The highest BCUT2D eigenvalue weighted by atomic mass is 35.5. The Labute approximate surface area is 132 Å². The highest BCUT2D eigenvalue weighted by Gasteiger charge is 2.10. The zero-order valence-corrected chi connectivity index (χ0v) is 13.0. The Kier molecular flexibility index (Phi) is 4.92. The van der Waals surface area contributed by atoms with Crippen molar-refractivity contribution in [2.45, 2.75) is 12.8 Å². The fourth-order valence-electron chi connectivity index (χ4n) is 1.68. The Bertz CT molecular complexity index is 638. The molecule has 0 aliphatic heterocycles. The Morgan fingerprint density at radius 3 is 2.35 bits per heavy atom. The Balaban J connectivity index is 2.20. The third-order valence-corrected chi connectivity index (χ3v) is 3.90. The summed E-state index contributed by atoms with van der Waals surface area (Å²) in [5.41, 5.74) is 2.85. The van der Waals surface area contributed by atoms with Crippen LogP contribution in [-0.2, 0) is 5.88 Å². The summed E-state index contributed by atoms with van der Waals surface area (Å²) in [6.07, 6.45) is 0. The first kappa shape index (κ1) is 15.2. The second-order valence-corrected chi connectivity index (χ2v) is 5.45. The number of carbonyl (C=O) groups is 1. The van der Waals surface area contributed by atoms with Gasteiger partial charge in [-0.3, -0.25) is 4.79 Å². The number of amides is 1. The molecule has 0 unspecified atom stereocenters. The molecule has 0 aliphatic rings. The van der Waals surface area contributed by atoms with Gasteiger partial charge in [-0.25, -0.2) is 0 Å². The van der Waals surface area contributed by atoms with Gasteiger partial charge in [0.15, 0.2) is 0 Å². The SMILES string of the molecule is Cc1cc(Cl)c(NC(=O)c2ccc(CCl)cc2)cc1Cl. The number of hydrogen-bond acceptors (Lipinski definition) is 1. The first-order valence-corrected chi connectivity index (χ1v) is 7.22. The molecule has 0 saturated heterocycles. The zero-order chi connectivity index (χ0) is 14.7. The minimum absolute atomic E-state index is 0.243. The first-order chi connectivity index (χ1) is 9.51. The fourth-order valence-corrected chi connectivity index (χ4v) is 2.29. The van der Waals surface area contributed by atoms with Gasteiger partial charge in [0.1, 0.15) is 0 Å². The zero-order valence-electron chi connectivity index (χ0n) is 10.7. The van der Waals surface area contributed by atoms with Crippen LogP contribution in [0.1, 0.15) is 21.5 Å². The van der Waals surface area contributed by atoms with E-state index in [1.54, 1.807) is 24.3 Å². The van der Waals surface area contributed by atoms with Gasteiger partial charge in [-0.15, -0.1) is 11.6 Å². The van der Waals surface area contributed by atoms with E-state index in [1.807, 2.05) is 19.1 Å². The fraction of sp³-hybridized carbons (Fsp3) is 0.133. The molecular formula is C15H12Cl3NO. The number of anilines is 1. The lowest BCUT2D eigenvalue weighted by atomic mass is 10.1. The van der Waals surface area contributed by atoms with Gasteiger partial charge in [-0.05, 0) is 42.3 Å². The highest BCUT2D eigenvalue weighted by Crippen LogP contribution is 2.29. The number of carbonyl (C=O) groups excluding carboxylic acids is 1. The van der Waals surface area contributed by atoms with Crippen LogP contribution in [0.5, 0.6) is 0 Å². The van der Waals surface area contributed by atoms with Gasteiger partial charge in [0.25, 0.3) is 5.91 Å². The van der Waals surface area contributed by atoms with Crippen LogP contribution in [0.4, 0.5) is 5.69 Å². The second kappa shape index (κ2) is 6.49. The molecule has 1 amide bonds. The van der Waals surface area contributed by atoms with Crippen molar-refractivity contribution >= 4 is 46.4 Å². The van der Waals surface area contributed by atoms with Crippen LogP contribution in [0.15, 0.2) is 36.4 Å². The van der Waals surface area contributed by atoms with E-state index in [0.29, 0.717) is 27.2 Å². The number of rotatable bonds is 3. The van der Waals surface area contributed by atoms with Gasteiger partial charge in [0, 0.05) is 16.5 Å². The molecule has 104 valence electrons. The van der Waals surface area contributed by atoms with Crippen molar-refractivity contribution in [2.75, 3.05) is 5.32 Å². The molecular weight excluding hydrogens is 317 g/mol. The van der Waals surface area contributed by atoms with Gasteiger partial charge >= 0.3 is 0 Å². The third-order valence-electron chi connectivity index (χ3n) is 2.87. The monoisotopic (exact) mass is 327 g/mol. The molecule has 2 nitrogen and oxygen atoms in total. The summed E-state index contributed by atoms with van der Waals surface area (Å²) in [7, 11) is 0. The molecule has 0 fully saturated rings. The second-order valence-electron chi connectivity index (χ2n) is 4.37. The van der Waals surface area contributed by atoms with Gasteiger partial charge in [-0.2, -0.15) is 0 Å². The van der Waals surface area contributed by atoms with E-state index in [9.17, 15) is 4.79 Å². The van der Waals surface area contributed by atoms with Crippen molar-refractivity contribution in [2.24, 2.45) is 0 Å². The predicted molar refractivity (Wildman–Crippen MR) is 85.2 cm³/mol. The summed E-state index contributed by atoms with van der Waals surface area (Å²) in [5.74, 6) is 0.175. The maximum absolute atomic E-state index is 12.1. The minimum Gasteiger partial charge on any atom is -0.321 e. The molecule has 0 atom stereocenters. The van der Waals surface area contributed by atoms with Gasteiger partial charge in [0.05, 0.1) is 10.7 Å². The number of hydrogen-bond donors (Lipinski definition) is 1. The van der Waals surface area contributed by atoms with E-state index in [2.05, 4.69) is 5.32 Å². The van der Waals surface area contributed by atoms with Crippen LogP contribution in [0.2, 0.25) is 10.0 Å². The molecule has 0 saturated carbocycles. The Morgan fingerprint density at radius 1 is 1.10 bits per heavy atom. The van der Waals surface area contributed by atoms with Crippen molar-refractivity contribution in [1.82, 2.24) is 0 Å². The molecule has 2 aromatic carbocycles. The van der Waals surface area contributed by atoms with Crippen molar-refractivity contribution < 1.29 is 4.79 Å². The molecule has 0 radical (unpaired) electrons. The minimum atomic E-state index is -0.243. The third kappa shape index (κ3) is 3.45. The summed E-state index contributed by atoms with van der Waals surface area (Å²) in [4.78, 5) is 12.1. The van der Waals surface area contributed by atoms with Crippen LogP contribution in [0.25, 0.3) is 0 Å². The predicted octanol–water partition coefficient (Wildman–Crippen LogP) is 5.29. The van der Waals surface area contributed by atoms with Crippen molar-refractivity contribution in [3.63, 3.8) is 0 Å². The van der Waals surface area contributed by atoms with Crippen molar-refractivity contribution in [3.05, 3.63) is 63.1 Å². The standard InChI is InChI=1S/C15H12Cl3NO/c1-9-6-13(18)14(7-12(9)17)19-15(20)11-4-2-10(8-16)3-5-11/h2-7H,8H2,1H3,(H,19,20). The molecule has 0 bridgehead atoms. The lowest BCUT2D eigenvalue weighted by molar-refractivity contribution is 0.102. The van der Waals surface area contributed by atoms with E-state index in [-0.39, 0.29) is 5.91 Å². The van der Waals surface area contributed by atoms with E-state index in [0.717, 1.165) is 11.1 Å². The van der Waals surface area contributed by atoms with Gasteiger partial charge in [-0.1, -0.05) is 35.3 Å². The number of halogens is 3. The van der Waals surface area contributed by atoms with Crippen LogP contribution < -0.4 is 5.32 Å². The topological polar surface area (TPSA) is 29.1 Å². The molecule has 0 aromatic heterocycles. The molecule has 1 N–H and O–H groups in total. The summed E-state index contributed by atoms with van der Waals surface area (Å²) >= 11 is 17.8.